The van der Waals surface area contributed by atoms with Crippen LogP contribution in [0.25, 0.3) is 0 Å². The van der Waals surface area contributed by atoms with Crippen LogP contribution in [0.15, 0.2) is 53.4 Å². The molecule has 1 aliphatic rings. The molecule has 1 fully saturated rings. The number of rotatable bonds is 7. The van der Waals surface area contributed by atoms with Crippen molar-refractivity contribution in [1.29, 1.82) is 0 Å². The molecule has 1 heterocycles. The third kappa shape index (κ3) is 5.10. The standard InChI is InChI=1S/C22H26N2O7S2/c1-15-12-17(24-21(26)22(2,3)14-32(24,27)28)10-11-19(15)33(29,30)23-18(20(25)31-4)13-16-8-6-5-7-9-16/h5-12,18,23H,13-14H2,1-4H3/t18-/m0/s1. The molecule has 0 aromatic heterocycles. The van der Waals surface area contributed by atoms with E-state index in [0.29, 0.717) is 0 Å². The number of aryl methyl sites for hydroxylation is 1. The van der Waals surface area contributed by atoms with Crippen molar-refractivity contribution in [2.24, 2.45) is 5.41 Å². The Balaban J connectivity index is 1.92. The van der Waals surface area contributed by atoms with E-state index in [9.17, 15) is 26.4 Å². The van der Waals surface area contributed by atoms with Crippen molar-refractivity contribution in [2.45, 2.75) is 38.1 Å². The van der Waals surface area contributed by atoms with E-state index in [1.807, 2.05) is 0 Å². The zero-order valence-corrected chi connectivity index (χ0v) is 20.4. The Morgan fingerprint density at radius 2 is 1.82 bits per heavy atom. The molecule has 0 unspecified atom stereocenters. The highest BCUT2D eigenvalue weighted by Gasteiger charge is 2.50. The monoisotopic (exact) mass is 494 g/mol. The number of carbonyl (C=O) groups is 2. The lowest BCUT2D eigenvalue weighted by molar-refractivity contribution is -0.142. The molecule has 9 nitrogen and oxygen atoms in total. The molecule has 1 amide bonds. The number of hydrogen-bond acceptors (Lipinski definition) is 7. The van der Waals surface area contributed by atoms with Crippen LogP contribution in [0, 0.1) is 12.3 Å². The van der Waals surface area contributed by atoms with E-state index in [0.717, 1.165) is 9.87 Å². The van der Waals surface area contributed by atoms with E-state index in [1.165, 1.54) is 32.2 Å². The molecule has 11 heteroatoms. The minimum absolute atomic E-state index is 0.0656. The lowest BCUT2D eigenvalue weighted by Gasteiger charge is -2.20. The molecule has 1 saturated heterocycles. The Labute approximate surface area is 193 Å². The number of nitrogens with zero attached hydrogens (tertiary/aromatic N) is 1. The smallest absolute Gasteiger partial charge is 0.324 e. The zero-order valence-electron chi connectivity index (χ0n) is 18.7. The third-order valence-corrected chi connectivity index (χ3v) is 8.98. The number of hydrogen-bond donors (Lipinski definition) is 1. The molecular formula is C22H26N2O7S2. The fourth-order valence-corrected chi connectivity index (χ4v) is 7.25. The molecule has 0 spiro atoms. The quantitative estimate of drug-likeness (QED) is 0.581. The first kappa shape index (κ1) is 24.9. The molecule has 1 aliphatic heterocycles. The van der Waals surface area contributed by atoms with Gasteiger partial charge in [0.1, 0.15) is 6.04 Å². The van der Waals surface area contributed by atoms with Gasteiger partial charge >= 0.3 is 5.97 Å². The first-order chi connectivity index (χ1) is 15.3. The highest BCUT2D eigenvalue weighted by molar-refractivity contribution is 7.94. The molecule has 0 aliphatic carbocycles. The van der Waals surface area contributed by atoms with Crippen molar-refractivity contribution in [3.8, 4) is 0 Å². The Kier molecular flexibility index (Phi) is 6.69. The van der Waals surface area contributed by atoms with Gasteiger partial charge in [0.2, 0.25) is 26.0 Å². The highest BCUT2D eigenvalue weighted by atomic mass is 32.2. The van der Waals surface area contributed by atoms with Crippen LogP contribution in [0.2, 0.25) is 0 Å². The summed E-state index contributed by atoms with van der Waals surface area (Å²) in [4.78, 5) is 24.7. The minimum Gasteiger partial charge on any atom is -0.468 e. The van der Waals surface area contributed by atoms with Crippen molar-refractivity contribution in [1.82, 2.24) is 4.72 Å². The van der Waals surface area contributed by atoms with E-state index in [-0.39, 0.29) is 28.3 Å². The summed E-state index contributed by atoms with van der Waals surface area (Å²) in [6.45, 7) is 4.57. The first-order valence-electron chi connectivity index (χ1n) is 10.1. The van der Waals surface area contributed by atoms with Crippen LogP contribution >= 0.6 is 0 Å². The Bertz CT molecular complexity index is 1290. The van der Waals surface area contributed by atoms with Crippen LogP contribution in [0.3, 0.4) is 0 Å². The summed E-state index contributed by atoms with van der Waals surface area (Å²) in [6, 6.07) is 11.5. The fraction of sp³-hybridized carbons (Fsp3) is 0.364. The second kappa shape index (κ2) is 8.88. The third-order valence-electron chi connectivity index (χ3n) is 5.33. The number of benzene rings is 2. The summed E-state index contributed by atoms with van der Waals surface area (Å²) in [5, 5.41) is 0. The van der Waals surface area contributed by atoms with E-state index in [1.54, 1.807) is 44.2 Å². The predicted molar refractivity (Wildman–Crippen MR) is 123 cm³/mol. The lowest BCUT2D eigenvalue weighted by atomic mass is 9.95. The molecule has 1 N–H and O–H groups in total. The van der Waals surface area contributed by atoms with Crippen molar-refractivity contribution in [3.05, 3.63) is 59.7 Å². The van der Waals surface area contributed by atoms with Gasteiger partial charge in [-0.25, -0.2) is 21.1 Å². The SMILES string of the molecule is COC(=O)[C@H](Cc1ccccc1)NS(=O)(=O)c1ccc(N2C(=O)C(C)(C)CS2(=O)=O)cc1C. The average Bonchev–Trinajstić information content (AvgIpc) is 2.89. The van der Waals surface area contributed by atoms with Gasteiger partial charge in [-0.3, -0.25) is 9.59 Å². The van der Waals surface area contributed by atoms with Crippen LogP contribution in [0.1, 0.15) is 25.0 Å². The van der Waals surface area contributed by atoms with Gasteiger partial charge in [-0.05, 0) is 56.5 Å². The molecule has 0 radical (unpaired) electrons. The van der Waals surface area contributed by atoms with Gasteiger partial charge in [0.05, 0.1) is 28.9 Å². The fourth-order valence-electron chi connectivity index (χ4n) is 3.74. The summed E-state index contributed by atoms with van der Waals surface area (Å²) in [7, 11) is -6.88. The summed E-state index contributed by atoms with van der Waals surface area (Å²) < 4.78 is 59.1. The summed E-state index contributed by atoms with van der Waals surface area (Å²) >= 11 is 0. The molecule has 33 heavy (non-hydrogen) atoms. The van der Waals surface area contributed by atoms with Crippen LogP contribution in [-0.2, 0) is 40.8 Å². The maximum atomic E-state index is 13.1. The molecular weight excluding hydrogens is 468 g/mol. The lowest BCUT2D eigenvalue weighted by Crippen LogP contribution is -2.43. The number of amides is 1. The van der Waals surface area contributed by atoms with Gasteiger partial charge < -0.3 is 4.74 Å². The van der Waals surface area contributed by atoms with Gasteiger partial charge in [0.25, 0.3) is 0 Å². The van der Waals surface area contributed by atoms with E-state index in [2.05, 4.69) is 4.72 Å². The Morgan fingerprint density at radius 1 is 1.18 bits per heavy atom. The van der Waals surface area contributed by atoms with Crippen molar-refractivity contribution < 1.29 is 31.2 Å². The van der Waals surface area contributed by atoms with Crippen LogP contribution in [0.4, 0.5) is 5.69 Å². The van der Waals surface area contributed by atoms with Gasteiger partial charge in [0.15, 0.2) is 0 Å². The van der Waals surface area contributed by atoms with Crippen LogP contribution < -0.4 is 9.03 Å². The number of esters is 1. The number of methoxy groups -OCH3 is 1. The van der Waals surface area contributed by atoms with Crippen LogP contribution in [0.5, 0.6) is 0 Å². The van der Waals surface area contributed by atoms with Gasteiger partial charge in [-0.1, -0.05) is 30.3 Å². The topological polar surface area (TPSA) is 127 Å². The molecule has 2 aromatic rings. The maximum Gasteiger partial charge on any atom is 0.324 e. The van der Waals surface area contributed by atoms with E-state index < -0.39 is 43.4 Å². The number of anilines is 1. The predicted octanol–water partition coefficient (Wildman–Crippen LogP) is 1.76. The molecule has 0 bridgehead atoms. The van der Waals surface area contributed by atoms with Gasteiger partial charge in [-0.2, -0.15) is 4.72 Å². The van der Waals surface area contributed by atoms with Crippen molar-refractivity contribution >= 4 is 37.6 Å². The summed E-state index contributed by atoms with van der Waals surface area (Å²) in [5.74, 6) is -1.66. The molecule has 178 valence electrons. The zero-order chi connectivity index (χ0) is 24.6. The Morgan fingerprint density at radius 3 is 2.33 bits per heavy atom. The molecule has 0 saturated carbocycles. The number of sulfonamides is 2. The molecule has 2 aromatic carbocycles. The van der Waals surface area contributed by atoms with Crippen molar-refractivity contribution in [2.75, 3.05) is 17.2 Å². The number of nitrogens with one attached hydrogen (secondary N) is 1. The number of ether oxygens (including phenoxy) is 1. The highest BCUT2D eigenvalue weighted by Crippen LogP contribution is 2.36. The van der Waals surface area contributed by atoms with E-state index in [4.69, 9.17) is 4.74 Å². The van der Waals surface area contributed by atoms with Gasteiger partial charge in [0, 0.05) is 0 Å². The Hall–Kier alpha value is -2.76. The molecule has 3 rings (SSSR count). The average molecular weight is 495 g/mol. The first-order valence-corrected chi connectivity index (χ1v) is 13.2. The number of carbonyl (C=O) groups excluding carboxylic acids is 2. The van der Waals surface area contributed by atoms with Gasteiger partial charge in [-0.15, -0.1) is 0 Å². The minimum atomic E-state index is -4.17. The summed E-state index contributed by atoms with van der Waals surface area (Å²) in [5.41, 5.74) is -0.0561. The maximum absolute atomic E-state index is 13.1. The summed E-state index contributed by atoms with van der Waals surface area (Å²) in [6.07, 6.45) is 0.0828. The van der Waals surface area contributed by atoms with Crippen molar-refractivity contribution in [3.63, 3.8) is 0 Å². The second-order valence-corrected chi connectivity index (χ2v) is 12.0. The second-order valence-electron chi connectivity index (χ2n) is 8.55. The van der Waals surface area contributed by atoms with E-state index >= 15 is 0 Å². The molecule has 1 atom stereocenters. The largest absolute Gasteiger partial charge is 0.468 e. The van der Waals surface area contributed by atoms with Crippen LogP contribution in [-0.4, -0.2) is 47.6 Å². The normalized spacial score (nSPS) is 18.2.